The summed E-state index contributed by atoms with van der Waals surface area (Å²) < 4.78 is 19.0. The molecule has 2 atom stereocenters. The number of carbonyl (C=O) groups is 2. The van der Waals surface area contributed by atoms with Crippen LogP contribution in [0.1, 0.15) is 34.1 Å². The molecule has 0 spiro atoms. The van der Waals surface area contributed by atoms with Crippen LogP contribution in [-0.4, -0.2) is 31.4 Å². The van der Waals surface area contributed by atoms with Gasteiger partial charge in [-0.05, 0) is 18.6 Å². The number of nitrogens with zero attached hydrogens (tertiary/aromatic N) is 1. The van der Waals surface area contributed by atoms with E-state index in [9.17, 15) is 18.9 Å². The van der Waals surface area contributed by atoms with Gasteiger partial charge < -0.3 is 14.1 Å². The maximum Gasteiger partial charge on any atom is 0.312 e. The first-order valence-electron chi connectivity index (χ1n) is 7.07. The van der Waals surface area contributed by atoms with Crippen LogP contribution in [0, 0.1) is 0 Å². The minimum Gasteiger partial charge on any atom is -0.481 e. The second-order valence-electron chi connectivity index (χ2n) is 5.26. The van der Waals surface area contributed by atoms with Crippen molar-refractivity contribution in [3.63, 3.8) is 0 Å². The molecule has 3 heterocycles. The molecule has 6 nitrogen and oxygen atoms in total. The van der Waals surface area contributed by atoms with Crippen LogP contribution in [0.25, 0.3) is 0 Å². The first-order chi connectivity index (χ1) is 11.0. The molecule has 0 saturated heterocycles. The molecule has 0 saturated carbocycles. The number of carboxylic acid groups (broad SMARTS) is 1. The topological polar surface area (TPSA) is 89.5 Å². The van der Waals surface area contributed by atoms with Gasteiger partial charge in [0.25, 0.3) is 0 Å². The molecular formula is C16H15NO5S. The Labute approximate surface area is 134 Å². The molecule has 0 aliphatic carbocycles. The number of ketones is 1. The monoisotopic (exact) mass is 333 g/mol. The molecule has 1 aliphatic rings. The summed E-state index contributed by atoms with van der Waals surface area (Å²) in [4.78, 5) is 24.5. The first-order valence-corrected chi connectivity index (χ1v) is 8.39. The van der Waals surface area contributed by atoms with Gasteiger partial charge in [0.2, 0.25) is 5.78 Å². The van der Waals surface area contributed by atoms with Crippen LogP contribution in [0.5, 0.6) is 0 Å². The summed E-state index contributed by atoms with van der Waals surface area (Å²) in [5, 5.41) is 9.32. The highest BCUT2D eigenvalue weighted by Gasteiger charge is 2.35. The van der Waals surface area contributed by atoms with Gasteiger partial charge in [-0.2, -0.15) is 0 Å². The van der Waals surface area contributed by atoms with Gasteiger partial charge in [-0.3, -0.25) is 13.8 Å². The van der Waals surface area contributed by atoms with Crippen molar-refractivity contribution in [3.8, 4) is 0 Å². The Balaban J connectivity index is 2.14. The molecule has 0 fully saturated rings. The van der Waals surface area contributed by atoms with Crippen LogP contribution < -0.4 is 0 Å². The van der Waals surface area contributed by atoms with Crippen molar-refractivity contribution in [3.05, 3.63) is 54.3 Å². The Hall–Kier alpha value is -2.41. The van der Waals surface area contributed by atoms with Crippen LogP contribution in [0.15, 0.2) is 46.6 Å². The molecule has 0 bridgehead atoms. The summed E-state index contributed by atoms with van der Waals surface area (Å²) in [6.45, 7) is 3.98. The second-order valence-corrected chi connectivity index (χ2v) is 6.72. The van der Waals surface area contributed by atoms with Crippen molar-refractivity contribution in [2.24, 2.45) is 0 Å². The third kappa shape index (κ3) is 2.57. The number of rotatable bonds is 6. The number of hydrogen-bond donors (Lipinski definition) is 1. The number of hydrogen-bond acceptors (Lipinski definition) is 4. The first kappa shape index (κ1) is 15.5. The van der Waals surface area contributed by atoms with E-state index in [0.717, 1.165) is 0 Å². The number of aromatic nitrogens is 1. The normalized spacial score (nSPS) is 17.7. The van der Waals surface area contributed by atoms with Crippen molar-refractivity contribution in [2.45, 2.75) is 23.8 Å². The summed E-state index contributed by atoms with van der Waals surface area (Å²) >= 11 is 0. The molecular weight excluding hydrogens is 318 g/mol. The molecule has 1 aliphatic heterocycles. The highest BCUT2D eigenvalue weighted by molar-refractivity contribution is 7.85. The summed E-state index contributed by atoms with van der Waals surface area (Å²) in [7, 11) is -1.45. The predicted octanol–water partition coefficient (Wildman–Crippen LogP) is 2.18. The van der Waals surface area contributed by atoms with E-state index in [2.05, 4.69) is 6.58 Å². The maximum absolute atomic E-state index is 12.7. The Morgan fingerprint density at radius 1 is 1.52 bits per heavy atom. The largest absolute Gasteiger partial charge is 0.481 e. The van der Waals surface area contributed by atoms with Crippen molar-refractivity contribution in [1.29, 1.82) is 0 Å². The summed E-state index contributed by atoms with van der Waals surface area (Å²) in [6.07, 6.45) is 4.65. The lowest BCUT2D eigenvalue weighted by Gasteiger charge is -2.06. The number of carbonyl (C=O) groups excluding carboxylic acids is 1. The maximum atomic E-state index is 12.7. The van der Waals surface area contributed by atoms with Crippen LogP contribution in [-0.2, 0) is 22.1 Å². The zero-order chi connectivity index (χ0) is 16.6. The Bertz CT molecular complexity index is 803. The van der Waals surface area contributed by atoms with E-state index in [1.54, 1.807) is 10.6 Å². The Morgan fingerprint density at radius 3 is 2.91 bits per heavy atom. The number of aliphatic carboxylic acids is 1. The van der Waals surface area contributed by atoms with E-state index in [4.69, 9.17) is 4.42 Å². The minimum atomic E-state index is -1.45. The number of carboxylic acids is 1. The quantitative estimate of drug-likeness (QED) is 0.646. The fourth-order valence-electron chi connectivity index (χ4n) is 2.86. The van der Waals surface area contributed by atoms with Crippen molar-refractivity contribution in [2.75, 3.05) is 5.75 Å². The van der Waals surface area contributed by atoms with Crippen LogP contribution in [0.3, 0.4) is 0 Å². The van der Waals surface area contributed by atoms with Gasteiger partial charge in [0, 0.05) is 18.0 Å². The van der Waals surface area contributed by atoms with Crippen molar-refractivity contribution < 1.29 is 23.3 Å². The van der Waals surface area contributed by atoms with E-state index in [0.29, 0.717) is 29.1 Å². The molecule has 0 amide bonds. The van der Waals surface area contributed by atoms with Gasteiger partial charge in [-0.1, -0.05) is 6.08 Å². The molecule has 0 aromatic carbocycles. The molecule has 2 aromatic rings. The minimum absolute atomic E-state index is 0.201. The van der Waals surface area contributed by atoms with Gasteiger partial charge >= 0.3 is 5.97 Å². The van der Waals surface area contributed by atoms with E-state index in [-0.39, 0.29) is 17.2 Å². The van der Waals surface area contributed by atoms with Gasteiger partial charge in [0.05, 0.1) is 33.4 Å². The average Bonchev–Trinajstić information content (AvgIpc) is 3.22. The molecule has 1 N–H and O–H groups in total. The standard InChI is InChI=1S/C16H15NO5S/c1-2-7-23(21)13-8-12-11(16(19)20)3-5-17(12)14(13)15(18)10-4-6-22-9-10/h2,4,6,8-9,11H,1,3,5,7H2,(H,19,20). The van der Waals surface area contributed by atoms with E-state index < -0.39 is 22.7 Å². The lowest BCUT2D eigenvalue weighted by atomic mass is 10.1. The van der Waals surface area contributed by atoms with Gasteiger partial charge in [-0.25, -0.2) is 0 Å². The smallest absolute Gasteiger partial charge is 0.312 e. The van der Waals surface area contributed by atoms with E-state index >= 15 is 0 Å². The van der Waals surface area contributed by atoms with Crippen molar-refractivity contribution in [1.82, 2.24) is 4.57 Å². The van der Waals surface area contributed by atoms with E-state index in [1.165, 1.54) is 24.7 Å². The number of furan rings is 1. The van der Waals surface area contributed by atoms with Gasteiger partial charge in [0.1, 0.15) is 12.0 Å². The molecule has 23 heavy (non-hydrogen) atoms. The van der Waals surface area contributed by atoms with Crippen molar-refractivity contribution >= 4 is 22.6 Å². The highest BCUT2D eigenvalue weighted by atomic mass is 32.2. The average molecular weight is 333 g/mol. The fourth-order valence-corrected chi connectivity index (χ4v) is 3.93. The summed E-state index contributed by atoms with van der Waals surface area (Å²) in [5.74, 6) is -1.74. The predicted molar refractivity (Wildman–Crippen MR) is 83.0 cm³/mol. The fraction of sp³-hybridized carbons (Fsp3) is 0.250. The third-order valence-electron chi connectivity index (χ3n) is 3.90. The third-order valence-corrected chi connectivity index (χ3v) is 5.24. The number of fused-ring (bicyclic) bond motifs is 1. The van der Waals surface area contributed by atoms with Crippen LogP contribution in [0.2, 0.25) is 0 Å². The van der Waals surface area contributed by atoms with Gasteiger partial charge in [0.15, 0.2) is 0 Å². The van der Waals surface area contributed by atoms with Crippen LogP contribution >= 0.6 is 0 Å². The second kappa shape index (κ2) is 6.00. The van der Waals surface area contributed by atoms with E-state index in [1.807, 2.05) is 0 Å². The lowest BCUT2D eigenvalue weighted by Crippen LogP contribution is -2.12. The zero-order valence-electron chi connectivity index (χ0n) is 12.2. The summed E-state index contributed by atoms with van der Waals surface area (Å²) in [6, 6.07) is 3.12. The molecule has 2 unspecified atom stereocenters. The SMILES string of the molecule is C=CCS(=O)c1cc2n(c1C(=O)c1ccoc1)CCC2C(=O)O. The van der Waals surface area contributed by atoms with Crippen LogP contribution in [0.4, 0.5) is 0 Å². The molecule has 3 rings (SSSR count). The Kier molecular flexibility index (Phi) is 4.04. The molecule has 7 heteroatoms. The van der Waals surface area contributed by atoms with Gasteiger partial charge in [-0.15, -0.1) is 6.58 Å². The molecule has 120 valence electrons. The zero-order valence-corrected chi connectivity index (χ0v) is 13.0. The lowest BCUT2D eigenvalue weighted by molar-refractivity contribution is -0.138. The summed E-state index contributed by atoms with van der Waals surface area (Å²) in [5.41, 5.74) is 1.16. The highest BCUT2D eigenvalue weighted by Crippen LogP contribution is 2.35. The molecule has 0 radical (unpaired) electrons. The Morgan fingerprint density at radius 2 is 2.30 bits per heavy atom. The molecule has 2 aromatic heterocycles.